The van der Waals surface area contributed by atoms with Crippen LogP contribution in [0.5, 0.6) is 0 Å². The van der Waals surface area contributed by atoms with Crippen LogP contribution in [0.2, 0.25) is 0 Å². The van der Waals surface area contributed by atoms with Gasteiger partial charge in [-0.15, -0.1) is 0 Å². The molecule has 0 aliphatic carbocycles. The number of esters is 1. The Bertz CT molecular complexity index is 975. The number of rotatable bonds is 5. The Kier molecular flexibility index (Phi) is 5.12. The van der Waals surface area contributed by atoms with Crippen LogP contribution in [0, 0.1) is 0 Å². The van der Waals surface area contributed by atoms with E-state index in [4.69, 9.17) is 0 Å². The van der Waals surface area contributed by atoms with Gasteiger partial charge in [0.1, 0.15) is 0 Å². The summed E-state index contributed by atoms with van der Waals surface area (Å²) in [4.78, 5) is 36.0. The molecule has 6 heteroatoms. The summed E-state index contributed by atoms with van der Waals surface area (Å²) < 4.78 is 6.21. The van der Waals surface area contributed by atoms with Gasteiger partial charge in [0.2, 0.25) is 11.8 Å². The average molecular weight is 350 g/mol. The fraction of sp³-hybridized carbons (Fsp3) is 0.150. The van der Waals surface area contributed by atoms with E-state index >= 15 is 0 Å². The van der Waals surface area contributed by atoms with Gasteiger partial charge in [0.15, 0.2) is 0 Å². The van der Waals surface area contributed by atoms with Gasteiger partial charge < -0.3 is 10.1 Å². The lowest BCUT2D eigenvalue weighted by molar-refractivity contribution is -0.116. The third-order valence-corrected chi connectivity index (χ3v) is 4.00. The number of nitrogens with one attached hydrogen (secondary N) is 1. The fourth-order valence-electron chi connectivity index (χ4n) is 2.71. The molecule has 6 nitrogen and oxygen atoms in total. The third kappa shape index (κ3) is 3.80. The van der Waals surface area contributed by atoms with E-state index in [9.17, 15) is 14.4 Å². The average Bonchev–Trinajstić information content (AvgIpc) is 3.10. The van der Waals surface area contributed by atoms with Crippen LogP contribution in [0.15, 0.2) is 60.8 Å². The van der Waals surface area contributed by atoms with Gasteiger partial charge in [-0.1, -0.05) is 24.3 Å². The lowest BCUT2D eigenvalue weighted by Gasteiger charge is -2.07. The minimum atomic E-state index is -0.476. The summed E-state index contributed by atoms with van der Waals surface area (Å²) in [5, 5.41) is 3.67. The Balaban J connectivity index is 1.60. The number of amides is 1. The zero-order chi connectivity index (χ0) is 18.5. The van der Waals surface area contributed by atoms with Gasteiger partial charge >= 0.3 is 5.97 Å². The van der Waals surface area contributed by atoms with Crippen LogP contribution < -0.4 is 5.32 Å². The first kappa shape index (κ1) is 17.4. The van der Waals surface area contributed by atoms with Crippen LogP contribution in [0.4, 0.5) is 5.69 Å². The smallest absolute Gasteiger partial charge is 0.337 e. The number of nitrogens with zero attached hydrogens (tertiary/aromatic N) is 1. The normalized spacial score (nSPS) is 10.5. The van der Waals surface area contributed by atoms with Gasteiger partial charge in [-0.25, -0.2) is 4.79 Å². The zero-order valence-corrected chi connectivity index (χ0v) is 14.3. The van der Waals surface area contributed by atoms with E-state index in [0.29, 0.717) is 11.3 Å². The van der Waals surface area contributed by atoms with Gasteiger partial charge in [-0.3, -0.25) is 14.2 Å². The number of carbonyl (C=O) groups excluding carboxylic acids is 3. The second-order valence-electron chi connectivity index (χ2n) is 5.76. The van der Waals surface area contributed by atoms with E-state index in [1.165, 1.54) is 13.2 Å². The van der Waals surface area contributed by atoms with E-state index in [2.05, 4.69) is 10.1 Å². The maximum Gasteiger partial charge on any atom is 0.337 e. The van der Waals surface area contributed by atoms with Crippen molar-refractivity contribution >= 4 is 34.4 Å². The van der Waals surface area contributed by atoms with Crippen molar-refractivity contribution in [3.05, 3.63) is 66.4 Å². The molecule has 0 spiro atoms. The van der Waals surface area contributed by atoms with Crippen molar-refractivity contribution in [1.82, 2.24) is 4.57 Å². The predicted octanol–water partition coefficient (Wildman–Crippen LogP) is 3.49. The lowest BCUT2D eigenvalue weighted by Crippen LogP contribution is -2.16. The van der Waals surface area contributed by atoms with Crippen LogP contribution in [0.3, 0.4) is 0 Å². The molecule has 0 aliphatic heterocycles. The first-order chi connectivity index (χ1) is 12.6. The van der Waals surface area contributed by atoms with Gasteiger partial charge in [-0.2, -0.15) is 0 Å². The van der Waals surface area contributed by atoms with Crippen molar-refractivity contribution in [1.29, 1.82) is 0 Å². The molecule has 1 N–H and O–H groups in total. The molecule has 0 radical (unpaired) electrons. The first-order valence-electron chi connectivity index (χ1n) is 8.16. The number of methoxy groups -OCH3 is 1. The highest BCUT2D eigenvalue weighted by molar-refractivity contribution is 5.97. The summed E-state index contributed by atoms with van der Waals surface area (Å²) >= 11 is 0. The molecule has 1 aromatic heterocycles. The summed E-state index contributed by atoms with van der Waals surface area (Å²) in [5.41, 5.74) is 1.65. The molecule has 0 saturated carbocycles. The van der Waals surface area contributed by atoms with E-state index in [1.54, 1.807) is 29.0 Å². The Morgan fingerprint density at radius 3 is 2.62 bits per heavy atom. The van der Waals surface area contributed by atoms with E-state index in [0.717, 1.165) is 10.9 Å². The molecular formula is C20H18N2O4. The topological polar surface area (TPSA) is 77.4 Å². The Labute approximate surface area is 150 Å². The van der Waals surface area contributed by atoms with Crippen molar-refractivity contribution < 1.29 is 19.1 Å². The highest BCUT2D eigenvalue weighted by Gasteiger charge is 2.12. The van der Waals surface area contributed by atoms with Crippen LogP contribution in [-0.2, 0) is 9.53 Å². The minimum Gasteiger partial charge on any atom is -0.465 e. The number of hydrogen-bond acceptors (Lipinski definition) is 4. The molecule has 2 aromatic carbocycles. The molecule has 0 unspecified atom stereocenters. The van der Waals surface area contributed by atoms with E-state index in [-0.39, 0.29) is 24.7 Å². The monoisotopic (exact) mass is 350 g/mol. The van der Waals surface area contributed by atoms with Crippen LogP contribution >= 0.6 is 0 Å². The predicted molar refractivity (Wildman–Crippen MR) is 98.2 cm³/mol. The number of hydrogen-bond donors (Lipinski definition) is 1. The summed E-state index contributed by atoms with van der Waals surface area (Å²) in [6.45, 7) is 0. The molecule has 0 aliphatic rings. The number of para-hydroxylation sites is 1. The standard InChI is InChI=1S/C20H18N2O4/c1-26-20(25)15-6-4-7-16(13-15)21-18(23)9-10-19(24)22-12-11-14-5-2-3-8-17(14)22/h2-8,11-13H,9-10H2,1H3,(H,21,23). The van der Waals surface area contributed by atoms with E-state index in [1.807, 2.05) is 30.3 Å². The first-order valence-corrected chi connectivity index (χ1v) is 8.16. The highest BCUT2D eigenvalue weighted by Crippen LogP contribution is 2.16. The molecule has 0 saturated heterocycles. The van der Waals surface area contributed by atoms with Crippen LogP contribution in [0.25, 0.3) is 10.9 Å². The maximum absolute atomic E-state index is 12.4. The number of carbonyl (C=O) groups is 3. The van der Waals surface area contributed by atoms with Crippen molar-refractivity contribution in [3.63, 3.8) is 0 Å². The molecule has 3 rings (SSSR count). The van der Waals surface area contributed by atoms with Crippen molar-refractivity contribution in [2.75, 3.05) is 12.4 Å². The molecule has 26 heavy (non-hydrogen) atoms. The molecule has 1 heterocycles. The highest BCUT2D eigenvalue weighted by atomic mass is 16.5. The largest absolute Gasteiger partial charge is 0.465 e. The van der Waals surface area contributed by atoms with Crippen molar-refractivity contribution in [3.8, 4) is 0 Å². The molecule has 0 fully saturated rings. The van der Waals surface area contributed by atoms with Gasteiger partial charge in [0.25, 0.3) is 0 Å². The van der Waals surface area contributed by atoms with Crippen LogP contribution in [-0.4, -0.2) is 29.5 Å². The Morgan fingerprint density at radius 1 is 1.00 bits per heavy atom. The zero-order valence-electron chi connectivity index (χ0n) is 14.3. The Hall–Kier alpha value is -3.41. The minimum absolute atomic E-state index is 0.0494. The van der Waals surface area contributed by atoms with Crippen molar-refractivity contribution in [2.24, 2.45) is 0 Å². The number of aromatic nitrogens is 1. The summed E-state index contributed by atoms with van der Waals surface area (Å²) in [6, 6.07) is 15.9. The second kappa shape index (κ2) is 7.65. The quantitative estimate of drug-likeness (QED) is 0.715. The molecule has 0 atom stereocenters. The molecule has 132 valence electrons. The third-order valence-electron chi connectivity index (χ3n) is 4.00. The summed E-state index contributed by atoms with van der Waals surface area (Å²) in [7, 11) is 1.30. The molecule has 0 bridgehead atoms. The molecular weight excluding hydrogens is 332 g/mol. The number of fused-ring (bicyclic) bond motifs is 1. The molecule has 1 amide bonds. The summed E-state index contributed by atoms with van der Waals surface area (Å²) in [5.74, 6) is -0.919. The SMILES string of the molecule is COC(=O)c1cccc(NC(=O)CCC(=O)n2ccc3ccccc32)c1. The second-order valence-corrected chi connectivity index (χ2v) is 5.76. The number of ether oxygens (including phenoxy) is 1. The lowest BCUT2D eigenvalue weighted by atomic mass is 10.2. The molecule has 3 aromatic rings. The van der Waals surface area contributed by atoms with Crippen molar-refractivity contribution in [2.45, 2.75) is 12.8 Å². The van der Waals surface area contributed by atoms with Gasteiger partial charge in [-0.05, 0) is 30.3 Å². The van der Waals surface area contributed by atoms with Crippen LogP contribution in [0.1, 0.15) is 28.0 Å². The van der Waals surface area contributed by atoms with E-state index < -0.39 is 5.97 Å². The van der Waals surface area contributed by atoms with Gasteiger partial charge in [0, 0.05) is 30.1 Å². The number of benzene rings is 2. The number of anilines is 1. The van der Waals surface area contributed by atoms with Gasteiger partial charge in [0.05, 0.1) is 18.2 Å². The summed E-state index contributed by atoms with van der Waals surface area (Å²) in [6.07, 6.45) is 1.85. The maximum atomic E-state index is 12.4. The fourth-order valence-corrected chi connectivity index (χ4v) is 2.71. The Morgan fingerprint density at radius 2 is 1.81 bits per heavy atom.